The molecular weight excluding hydrogens is 412 g/mol. The predicted molar refractivity (Wildman–Crippen MR) is 152 cm³/mol. The zero-order chi connectivity index (χ0) is 25.7. The third-order valence-electron chi connectivity index (χ3n) is 5.92. The van der Waals surface area contributed by atoms with Gasteiger partial charge in [-0.25, -0.2) is 0 Å². The number of carbonyl (C=O) groups excluding carboxylic acids is 1. The lowest BCUT2D eigenvalue weighted by atomic mass is 9.68. The molecule has 1 heteroatoms. The average Bonchev–Trinajstić information content (AvgIpc) is 2.69. The Labute approximate surface area is 209 Å². The number of ketones is 1. The first-order chi connectivity index (χ1) is 15.9. The zero-order valence-electron chi connectivity index (χ0n) is 23.0. The van der Waals surface area contributed by atoms with Crippen LogP contribution < -0.4 is 0 Å². The van der Waals surface area contributed by atoms with Crippen molar-refractivity contribution < 1.29 is 4.79 Å². The first kappa shape index (κ1) is 29.4. The van der Waals surface area contributed by atoms with Crippen LogP contribution in [0.3, 0.4) is 0 Å². The van der Waals surface area contributed by atoms with Crippen LogP contribution in [0.1, 0.15) is 75.2 Å². The average molecular weight is 459 g/mol. The monoisotopic (exact) mass is 458 g/mol. The molecule has 1 nitrogen and oxygen atoms in total. The van der Waals surface area contributed by atoms with Crippen LogP contribution >= 0.6 is 0 Å². The second-order valence-corrected chi connectivity index (χ2v) is 10.8. The summed E-state index contributed by atoms with van der Waals surface area (Å²) in [6.45, 7) is 19.4. The van der Waals surface area contributed by atoms with Crippen LogP contribution in [-0.4, -0.2) is 5.78 Å². The summed E-state index contributed by atoms with van der Waals surface area (Å²) >= 11 is 0. The van der Waals surface area contributed by atoms with Crippen molar-refractivity contribution in [2.75, 3.05) is 0 Å². The molecule has 184 valence electrons. The number of hydrogen-bond donors (Lipinski definition) is 0. The maximum Gasteiger partial charge on any atom is 0.156 e. The van der Waals surface area contributed by atoms with Gasteiger partial charge in [0.1, 0.15) is 0 Å². The topological polar surface area (TPSA) is 17.1 Å². The Morgan fingerprint density at radius 1 is 0.882 bits per heavy atom. The summed E-state index contributed by atoms with van der Waals surface area (Å²) in [6.07, 6.45) is 29.2. The Kier molecular flexibility index (Phi) is 12.6. The molecule has 0 saturated carbocycles. The third kappa shape index (κ3) is 12.0. The molecule has 0 amide bonds. The van der Waals surface area contributed by atoms with Gasteiger partial charge in [-0.15, -0.1) is 0 Å². The van der Waals surface area contributed by atoms with Crippen LogP contribution in [0.15, 0.2) is 107 Å². The molecule has 1 atom stereocenters. The van der Waals surface area contributed by atoms with Crippen LogP contribution in [0, 0.1) is 17.3 Å². The van der Waals surface area contributed by atoms with Crippen molar-refractivity contribution in [1.82, 2.24) is 0 Å². The summed E-state index contributed by atoms with van der Waals surface area (Å²) in [7, 11) is 0. The normalized spacial score (nSPS) is 21.2. The van der Waals surface area contributed by atoms with Gasteiger partial charge in [-0.1, -0.05) is 128 Å². The van der Waals surface area contributed by atoms with Gasteiger partial charge in [0.25, 0.3) is 0 Å². The van der Waals surface area contributed by atoms with Crippen molar-refractivity contribution in [3.63, 3.8) is 0 Å². The highest BCUT2D eigenvalue weighted by Gasteiger charge is 2.34. The molecule has 1 unspecified atom stereocenters. The summed E-state index contributed by atoms with van der Waals surface area (Å²) in [4.78, 5) is 11.9. The smallest absolute Gasteiger partial charge is 0.156 e. The minimum absolute atomic E-state index is 0.0276. The minimum atomic E-state index is -0.0276. The third-order valence-corrected chi connectivity index (χ3v) is 5.92. The molecule has 1 rings (SSSR count). The molecule has 0 N–H and O–H groups in total. The van der Waals surface area contributed by atoms with E-state index in [-0.39, 0.29) is 11.2 Å². The molecule has 0 saturated heterocycles. The highest BCUT2D eigenvalue weighted by Crippen LogP contribution is 2.40. The Bertz CT molecular complexity index is 962. The lowest BCUT2D eigenvalue weighted by molar-refractivity contribution is -0.117. The minimum Gasteiger partial charge on any atom is -0.295 e. The fraction of sp³-hybridized carbons (Fsp3) is 0.424. The second kappa shape index (κ2) is 14.6. The molecule has 0 spiro atoms. The van der Waals surface area contributed by atoms with Gasteiger partial charge in [-0.3, -0.25) is 4.79 Å². The van der Waals surface area contributed by atoms with Crippen LogP contribution in [0.5, 0.6) is 0 Å². The standard InChI is InChI=1S/C33H46O/c1-25(2)22-29(6)19-13-17-27(4)15-11-10-14-26(3)16-12-18-28(5)20-21-32-30(7)23-31(34)24-33(32,8)9/h10-21,23,25,32H,22,24H2,1-9H3. The number of hydrogen-bond acceptors (Lipinski definition) is 1. The highest BCUT2D eigenvalue weighted by atomic mass is 16.1. The Balaban J connectivity index is 2.64. The van der Waals surface area contributed by atoms with E-state index in [1.165, 1.54) is 22.3 Å². The predicted octanol–water partition coefficient (Wildman–Crippen LogP) is 9.60. The maximum absolute atomic E-state index is 11.9. The SMILES string of the molecule is CC(C=CC=C(C)C=CC1C(C)=CC(=O)CC1(C)C)=CC=CC=C(C)C=CC=C(C)CC(C)C. The second-order valence-electron chi connectivity index (χ2n) is 10.8. The van der Waals surface area contributed by atoms with Crippen molar-refractivity contribution in [2.45, 2.75) is 75.2 Å². The molecule has 0 heterocycles. The van der Waals surface area contributed by atoms with E-state index in [1.807, 2.05) is 0 Å². The number of carbonyl (C=O) groups is 1. The molecule has 1 aliphatic carbocycles. The molecule has 0 bridgehead atoms. The number of rotatable bonds is 10. The van der Waals surface area contributed by atoms with Gasteiger partial charge in [-0.2, -0.15) is 0 Å². The quantitative estimate of drug-likeness (QED) is 0.298. The molecule has 1 aliphatic rings. The fourth-order valence-electron chi connectivity index (χ4n) is 4.24. The van der Waals surface area contributed by atoms with Crippen molar-refractivity contribution in [3.8, 4) is 0 Å². The van der Waals surface area contributed by atoms with Crippen molar-refractivity contribution in [1.29, 1.82) is 0 Å². The zero-order valence-corrected chi connectivity index (χ0v) is 23.0. The largest absolute Gasteiger partial charge is 0.295 e. The molecule has 0 aromatic carbocycles. The van der Waals surface area contributed by atoms with E-state index in [9.17, 15) is 4.79 Å². The van der Waals surface area contributed by atoms with Crippen LogP contribution in [-0.2, 0) is 4.79 Å². The van der Waals surface area contributed by atoms with Crippen LogP contribution in [0.25, 0.3) is 0 Å². The Morgan fingerprint density at radius 3 is 1.91 bits per heavy atom. The van der Waals surface area contributed by atoms with E-state index in [4.69, 9.17) is 0 Å². The molecule has 0 aliphatic heterocycles. The molecule has 0 aromatic rings. The number of allylic oxidation sites excluding steroid dienone is 18. The highest BCUT2D eigenvalue weighted by molar-refractivity contribution is 5.92. The van der Waals surface area contributed by atoms with E-state index in [1.54, 1.807) is 6.08 Å². The maximum atomic E-state index is 11.9. The van der Waals surface area contributed by atoms with E-state index in [2.05, 4.69) is 135 Å². The summed E-state index contributed by atoms with van der Waals surface area (Å²) in [5.74, 6) is 1.24. The first-order valence-electron chi connectivity index (χ1n) is 12.5. The van der Waals surface area contributed by atoms with Crippen LogP contribution in [0.4, 0.5) is 0 Å². The van der Waals surface area contributed by atoms with Gasteiger partial charge in [0.2, 0.25) is 0 Å². The molecule has 0 aromatic heterocycles. The summed E-state index contributed by atoms with van der Waals surface area (Å²) in [5, 5.41) is 0. The summed E-state index contributed by atoms with van der Waals surface area (Å²) in [6, 6.07) is 0. The van der Waals surface area contributed by atoms with Gasteiger partial charge in [-0.05, 0) is 58.4 Å². The molecule has 0 fully saturated rings. The molecular formula is C33H46O. The van der Waals surface area contributed by atoms with Gasteiger partial charge in [0.15, 0.2) is 5.78 Å². The lowest BCUT2D eigenvalue weighted by Crippen LogP contribution is -2.30. The van der Waals surface area contributed by atoms with Gasteiger partial charge >= 0.3 is 0 Å². The van der Waals surface area contributed by atoms with E-state index in [0.717, 1.165) is 12.0 Å². The first-order valence-corrected chi connectivity index (χ1v) is 12.5. The van der Waals surface area contributed by atoms with E-state index in [0.29, 0.717) is 18.3 Å². The Morgan fingerprint density at radius 2 is 1.38 bits per heavy atom. The lowest BCUT2D eigenvalue weighted by Gasteiger charge is -2.35. The van der Waals surface area contributed by atoms with Crippen molar-refractivity contribution >= 4 is 5.78 Å². The van der Waals surface area contributed by atoms with Crippen molar-refractivity contribution in [3.05, 3.63) is 107 Å². The van der Waals surface area contributed by atoms with Crippen LogP contribution in [0.2, 0.25) is 0 Å². The molecule has 34 heavy (non-hydrogen) atoms. The molecule has 0 radical (unpaired) electrons. The van der Waals surface area contributed by atoms with E-state index >= 15 is 0 Å². The Hall–Kier alpha value is -2.67. The van der Waals surface area contributed by atoms with E-state index < -0.39 is 0 Å². The van der Waals surface area contributed by atoms with Gasteiger partial charge in [0, 0.05) is 12.3 Å². The van der Waals surface area contributed by atoms with Gasteiger partial charge in [0.05, 0.1) is 0 Å². The summed E-state index contributed by atoms with van der Waals surface area (Å²) in [5.41, 5.74) is 6.17. The fourth-order valence-corrected chi connectivity index (χ4v) is 4.24. The van der Waals surface area contributed by atoms with Gasteiger partial charge < -0.3 is 0 Å². The summed E-state index contributed by atoms with van der Waals surface area (Å²) < 4.78 is 0. The van der Waals surface area contributed by atoms with Crippen molar-refractivity contribution in [2.24, 2.45) is 17.3 Å².